The van der Waals surface area contributed by atoms with Gasteiger partial charge in [0.05, 0.1) is 79.6 Å². The Morgan fingerprint density at radius 1 is 0.150 bits per heavy atom. The average molecular weight is 1790 g/mol. The molecule has 0 saturated carbocycles. The fourth-order valence-corrected chi connectivity index (χ4v) is 27.0. The van der Waals surface area contributed by atoms with Gasteiger partial charge in [0.1, 0.15) is 5.82 Å². The predicted molar refractivity (Wildman–Crippen MR) is 564 cm³/mol. The van der Waals surface area contributed by atoms with Crippen molar-refractivity contribution in [2.45, 2.75) is 96.3 Å². The highest BCUT2D eigenvalue weighted by molar-refractivity contribution is 6.01. The molecule has 15 heterocycles. The number of hydrogen-bond donors (Lipinski definition) is 0. The molecule has 20 aromatic rings. The molecule has 0 radical (unpaired) electrons. The monoisotopic (exact) mass is 1790 g/mol. The maximum Gasteiger partial charge on any atom is 0.141 e. The molecule has 0 saturated heterocycles. The normalized spacial score (nSPS) is 14.6. The molecular weight excluding hydrogens is 1700 g/mol. The van der Waals surface area contributed by atoms with Crippen molar-refractivity contribution in [3.63, 3.8) is 0 Å². The van der Waals surface area contributed by atoms with Crippen molar-refractivity contribution >= 4 is 85.4 Å². The van der Waals surface area contributed by atoms with Gasteiger partial charge in [0, 0.05) is 118 Å². The minimum Gasteiger partial charge on any atom is -0.309 e. The molecule has 15 aromatic carbocycles. The van der Waals surface area contributed by atoms with E-state index in [-0.39, 0.29) is 0 Å². The maximum absolute atomic E-state index is 4.82. The first-order chi connectivity index (χ1) is 69.4. The van der Waals surface area contributed by atoms with E-state index in [1.807, 2.05) is 24.8 Å². The second-order valence-electron chi connectivity index (χ2n) is 40.1. The van der Waals surface area contributed by atoms with Crippen molar-refractivity contribution in [1.82, 2.24) is 24.9 Å². The third kappa shape index (κ3) is 11.6. The summed E-state index contributed by atoms with van der Waals surface area (Å²) in [6, 6.07) is 121. The Kier molecular flexibility index (Phi) is 16.9. The van der Waals surface area contributed by atoms with Gasteiger partial charge in [0.2, 0.25) is 0 Å². The van der Waals surface area contributed by atoms with E-state index in [9.17, 15) is 0 Å². The number of aromatic nitrogens is 5. The Morgan fingerprint density at radius 2 is 0.457 bits per heavy atom. The second kappa shape index (κ2) is 30.3. The van der Waals surface area contributed by atoms with Gasteiger partial charge in [-0.2, -0.15) is 0 Å². The first kappa shape index (κ1) is 78.3. The van der Waals surface area contributed by atoms with E-state index in [1.54, 1.807) is 0 Å². The summed E-state index contributed by atoms with van der Waals surface area (Å²) in [4.78, 5) is 36.0. The molecule has 0 amide bonds. The molecule has 0 bridgehead atoms. The van der Waals surface area contributed by atoms with Gasteiger partial charge >= 0.3 is 0 Å². The van der Waals surface area contributed by atoms with Gasteiger partial charge in [0.15, 0.2) is 0 Å². The fraction of sp³-hybridized carbons (Fsp3) is 0.115. The number of nitrogens with zero attached hydrogens (tertiary/aromatic N) is 10. The van der Waals surface area contributed by atoms with Gasteiger partial charge in [-0.25, -0.2) is 4.98 Å². The van der Waals surface area contributed by atoms with E-state index >= 15 is 0 Å². The molecule has 5 aliphatic carbocycles. The molecule has 5 aromatic heterocycles. The molecule has 10 aliphatic heterocycles. The van der Waals surface area contributed by atoms with Crippen LogP contribution in [-0.4, -0.2) is 24.9 Å². The number of hydrogen-bond acceptors (Lipinski definition) is 10. The summed E-state index contributed by atoms with van der Waals surface area (Å²) in [5, 5.41) is 0. The quantitative estimate of drug-likeness (QED) is 0.146. The van der Waals surface area contributed by atoms with E-state index in [4.69, 9.17) is 19.9 Å². The maximum atomic E-state index is 4.82. The third-order valence-electron chi connectivity index (χ3n) is 32.8. The zero-order valence-corrected chi connectivity index (χ0v) is 77.2. The van der Waals surface area contributed by atoms with Gasteiger partial charge in [-0.3, -0.25) is 24.8 Å². The topological polar surface area (TPSA) is 80.7 Å². The number of pyridine rings is 5. The minimum atomic E-state index is 0.911. The number of para-hydroxylation sites is 5. The first-order valence-electron chi connectivity index (χ1n) is 49.8. The Morgan fingerprint density at radius 3 is 1.00 bits per heavy atom. The summed E-state index contributed by atoms with van der Waals surface area (Å²) >= 11 is 0. The van der Waals surface area contributed by atoms with Crippen LogP contribution in [0.1, 0.15) is 167 Å². The summed E-state index contributed by atoms with van der Waals surface area (Å²) < 4.78 is 0. The van der Waals surface area contributed by atoms with Crippen LogP contribution in [0, 0.1) is 0 Å². The van der Waals surface area contributed by atoms with Crippen molar-refractivity contribution in [2.24, 2.45) is 0 Å². The largest absolute Gasteiger partial charge is 0.309 e. The van der Waals surface area contributed by atoms with Crippen LogP contribution in [0.25, 0.3) is 55.6 Å². The van der Waals surface area contributed by atoms with Crippen LogP contribution in [0.5, 0.6) is 0 Å². The Labute approximate surface area is 813 Å². The summed E-state index contributed by atoms with van der Waals surface area (Å²) in [5.41, 5.74) is 74.7. The van der Waals surface area contributed by atoms with Crippen molar-refractivity contribution in [3.05, 3.63) is 532 Å². The molecule has 0 atom stereocenters. The number of rotatable bonds is 0. The fourth-order valence-electron chi connectivity index (χ4n) is 27.0. The van der Waals surface area contributed by atoms with Crippen molar-refractivity contribution in [2.75, 3.05) is 24.5 Å². The SMILES string of the molecule is c1ccc2c(c1)Cc1c-2ccc2c1Cc1cccc3c1N2c1cccnc1C3.c1ccc2c(c1)Cc1ccc3c(c1-2)Cc1cccc2c1N3c1ncccc1C2.c1ccc2c(c1)Cc1ccc3c(c1-2)Cc1ccnc2c1N3c1ccccc1C2.c1ccc2c(c1)Cc1ccc3c(c1-2)Cc1cncc2c1N3c1ccccc1C2.c1ccc2c(c1)Cc1ccc3c(c1-2)Cc1nccc2c1N3c1ccccc1C2. The molecule has 15 aliphatic rings. The van der Waals surface area contributed by atoms with E-state index in [1.165, 1.54) is 303 Å². The highest BCUT2D eigenvalue weighted by atomic mass is 15.2. The smallest absolute Gasteiger partial charge is 0.141 e. The van der Waals surface area contributed by atoms with E-state index in [0.29, 0.717) is 0 Å². The van der Waals surface area contributed by atoms with Crippen molar-refractivity contribution in [3.8, 4) is 55.6 Å². The highest BCUT2D eigenvalue weighted by Gasteiger charge is 2.43. The minimum absolute atomic E-state index is 0.911. The Balaban J connectivity index is 0.0000000806. The number of benzene rings is 15. The van der Waals surface area contributed by atoms with Gasteiger partial charge in [-0.05, 0) is 317 Å². The zero-order valence-electron chi connectivity index (χ0n) is 77.2. The lowest BCUT2D eigenvalue weighted by molar-refractivity contribution is 0.960. The molecule has 10 nitrogen and oxygen atoms in total. The standard InChI is InChI=1S/5C26H18N2/c1-3-7-21-16(5-1)11-18-9-10-24-22(25(18)21)13-20-15-27-14-19-12-17-6-2-4-8-23(17)28(24)26(19)20;1-3-7-20-16(5-1)13-18-9-10-24-21(25(18)20)14-19-11-12-27-22-15-17-6-2-4-8-23(17)28(24)26(19)22;1-3-7-20-16(5-1)13-18-9-10-24-21(25(18)20)15-22-26-19(11-12-27-22)14-17-6-2-4-8-23(17)28(24)26;1-2-9-21-16(5-1)13-17-10-11-23-22(24(17)21)15-19-7-3-6-18-14-20-8-4-12-27-26(20)28(23)25(18)19;1-2-8-19-16(5-1)13-21-20(19)10-11-24-22(21)14-17-6-3-7-18-15-23-25(9-4-12-27-23)28(24)26(17)18/h1-10,14-15H,11-13H2;4*1-12H,13-15H2. The molecule has 660 valence electrons. The van der Waals surface area contributed by atoms with Gasteiger partial charge in [-0.15, -0.1) is 0 Å². The van der Waals surface area contributed by atoms with Crippen molar-refractivity contribution in [1.29, 1.82) is 0 Å². The van der Waals surface area contributed by atoms with Crippen LogP contribution in [0.15, 0.2) is 365 Å². The van der Waals surface area contributed by atoms with E-state index < -0.39 is 0 Å². The Hall–Kier alpha value is -17.0. The molecule has 10 heteroatoms. The third-order valence-corrected chi connectivity index (χ3v) is 32.8. The summed E-state index contributed by atoms with van der Waals surface area (Å²) in [5.74, 6) is 1.09. The molecule has 35 rings (SSSR count). The molecule has 0 N–H and O–H groups in total. The molecule has 0 spiro atoms. The summed E-state index contributed by atoms with van der Waals surface area (Å²) in [6.07, 6.45) is 26.8. The molecular formula is C130H90N10. The second-order valence-corrected chi connectivity index (χ2v) is 40.1. The van der Waals surface area contributed by atoms with Crippen LogP contribution in [0.4, 0.5) is 85.4 Å². The lowest BCUT2D eigenvalue weighted by atomic mass is 9.84. The van der Waals surface area contributed by atoms with Crippen LogP contribution in [0.3, 0.4) is 0 Å². The van der Waals surface area contributed by atoms with Crippen LogP contribution in [0.2, 0.25) is 0 Å². The van der Waals surface area contributed by atoms with Crippen LogP contribution >= 0.6 is 0 Å². The highest BCUT2D eigenvalue weighted by Crippen LogP contribution is 2.62. The number of anilines is 15. The van der Waals surface area contributed by atoms with Gasteiger partial charge in [-0.1, -0.05) is 249 Å². The zero-order chi connectivity index (χ0) is 91.2. The average Bonchev–Trinajstić information content (AvgIpc) is 1.29. The summed E-state index contributed by atoms with van der Waals surface area (Å²) in [7, 11) is 0. The van der Waals surface area contributed by atoms with Gasteiger partial charge < -0.3 is 19.6 Å². The van der Waals surface area contributed by atoms with E-state index in [2.05, 4.69) is 369 Å². The van der Waals surface area contributed by atoms with Crippen LogP contribution in [-0.2, 0) is 96.3 Å². The Bertz CT molecular complexity index is 8060. The lowest BCUT2D eigenvalue weighted by Gasteiger charge is -2.39. The predicted octanol–water partition coefficient (Wildman–Crippen LogP) is 29.7. The van der Waals surface area contributed by atoms with E-state index in [0.717, 1.165) is 102 Å². The van der Waals surface area contributed by atoms with Crippen LogP contribution < -0.4 is 24.5 Å². The first-order valence-corrected chi connectivity index (χ1v) is 49.8. The lowest BCUT2D eigenvalue weighted by Crippen LogP contribution is -2.25. The number of fused-ring (bicyclic) bond motifs is 40. The molecule has 0 fully saturated rings. The molecule has 0 unspecified atom stereocenters. The van der Waals surface area contributed by atoms with Gasteiger partial charge in [0.25, 0.3) is 0 Å². The van der Waals surface area contributed by atoms with Crippen molar-refractivity contribution < 1.29 is 0 Å². The summed E-state index contributed by atoms with van der Waals surface area (Å²) in [6.45, 7) is 0. The molecule has 140 heavy (non-hydrogen) atoms.